The fourth-order valence-corrected chi connectivity index (χ4v) is 2.66. The molecular formula is C21H22FN3O5. The van der Waals surface area contributed by atoms with Crippen LogP contribution in [0.4, 0.5) is 4.39 Å². The summed E-state index contributed by atoms with van der Waals surface area (Å²) < 4.78 is 25.4. The van der Waals surface area contributed by atoms with Crippen LogP contribution >= 0.6 is 0 Å². The highest BCUT2D eigenvalue weighted by atomic mass is 19.1. The summed E-state index contributed by atoms with van der Waals surface area (Å²) in [5.41, 5.74) is -0.920. The first-order valence-corrected chi connectivity index (χ1v) is 9.16. The second kappa shape index (κ2) is 10.3. The van der Waals surface area contributed by atoms with Gasteiger partial charge in [0.1, 0.15) is 23.2 Å². The molecule has 1 amide bonds. The van der Waals surface area contributed by atoms with Crippen LogP contribution in [0.25, 0.3) is 0 Å². The minimum atomic E-state index is -0.675. The molecule has 2 aromatic rings. The van der Waals surface area contributed by atoms with Crippen LogP contribution in [-0.2, 0) is 16.1 Å². The van der Waals surface area contributed by atoms with Gasteiger partial charge in [-0.25, -0.2) is 4.39 Å². The number of aromatic nitrogens is 1. The van der Waals surface area contributed by atoms with Crippen LogP contribution in [0.15, 0.2) is 35.3 Å². The molecule has 0 atom stereocenters. The second-order valence-electron chi connectivity index (χ2n) is 6.73. The molecule has 8 nitrogen and oxygen atoms in total. The third-order valence-electron chi connectivity index (χ3n) is 4.00. The molecule has 9 heteroatoms. The Bertz CT molecular complexity index is 1040. The monoisotopic (exact) mass is 415 g/mol. The first kappa shape index (κ1) is 22.8. The van der Waals surface area contributed by atoms with E-state index in [2.05, 4.69) is 5.32 Å². The maximum atomic E-state index is 13.8. The van der Waals surface area contributed by atoms with Crippen molar-refractivity contribution in [3.05, 3.63) is 63.3 Å². The van der Waals surface area contributed by atoms with Crippen LogP contribution in [0.2, 0.25) is 0 Å². The zero-order chi connectivity index (χ0) is 22.3. The highest BCUT2D eigenvalue weighted by Gasteiger charge is 2.19. The number of amides is 1. The Hall–Kier alpha value is -3.51. The van der Waals surface area contributed by atoms with Crippen LogP contribution in [0, 0.1) is 17.1 Å². The number of hydrogen-bond donors (Lipinski definition) is 1. The van der Waals surface area contributed by atoms with E-state index in [1.165, 1.54) is 23.9 Å². The third-order valence-corrected chi connectivity index (χ3v) is 4.00. The number of nitriles is 1. The second-order valence-corrected chi connectivity index (χ2v) is 6.73. The van der Waals surface area contributed by atoms with Gasteiger partial charge in [-0.15, -0.1) is 0 Å². The summed E-state index contributed by atoms with van der Waals surface area (Å²) in [4.78, 5) is 37.1. The number of benzene rings is 1. The SMILES string of the molecule is COCCn1cc(C(=O)c2cc(F)ccc2OCC(=O)NC(C)C)cc(C#N)c1=O. The summed E-state index contributed by atoms with van der Waals surface area (Å²) >= 11 is 0. The smallest absolute Gasteiger partial charge is 0.268 e. The number of methoxy groups -OCH3 is 1. The Labute approximate surface area is 172 Å². The van der Waals surface area contributed by atoms with Gasteiger partial charge in [-0.2, -0.15) is 5.26 Å². The standard InChI is InChI=1S/C21H22FN3O5/c1-13(2)24-19(26)12-30-18-5-4-16(22)9-17(18)20(27)15-8-14(10-23)21(28)25(11-15)6-7-29-3/h4-5,8-9,11,13H,6-7,12H2,1-3H3,(H,24,26). The van der Waals surface area contributed by atoms with Crippen LogP contribution in [0.5, 0.6) is 5.75 Å². The van der Waals surface area contributed by atoms with Gasteiger partial charge in [0.15, 0.2) is 12.4 Å². The van der Waals surface area contributed by atoms with Crippen molar-refractivity contribution in [2.45, 2.75) is 26.4 Å². The Morgan fingerprint density at radius 1 is 1.30 bits per heavy atom. The van der Waals surface area contributed by atoms with E-state index in [1.54, 1.807) is 19.9 Å². The zero-order valence-electron chi connectivity index (χ0n) is 16.9. The van der Waals surface area contributed by atoms with Crippen molar-refractivity contribution in [3.8, 4) is 11.8 Å². The van der Waals surface area contributed by atoms with Gasteiger partial charge >= 0.3 is 0 Å². The molecule has 0 radical (unpaired) electrons. The molecule has 0 spiro atoms. The molecule has 0 fully saturated rings. The van der Waals surface area contributed by atoms with E-state index in [0.29, 0.717) is 0 Å². The Morgan fingerprint density at radius 2 is 2.03 bits per heavy atom. The maximum absolute atomic E-state index is 13.8. The molecule has 0 aliphatic heterocycles. The van der Waals surface area contributed by atoms with Crippen molar-refractivity contribution < 1.29 is 23.5 Å². The quantitative estimate of drug-likeness (QED) is 0.624. The fourth-order valence-electron chi connectivity index (χ4n) is 2.66. The number of pyridine rings is 1. The van der Waals surface area contributed by atoms with Gasteiger partial charge in [-0.05, 0) is 38.1 Å². The van der Waals surface area contributed by atoms with Gasteiger partial charge in [0.05, 0.1) is 12.2 Å². The van der Waals surface area contributed by atoms with E-state index < -0.39 is 23.1 Å². The topological polar surface area (TPSA) is 110 Å². The minimum absolute atomic E-state index is 0.00401. The predicted octanol–water partition coefficient (Wildman–Crippen LogP) is 1.64. The largest absolute Gasteiger partial charge is 0.483 e. The highest BCUT2D eigenvalue weighted by molar-refractivity contribution is 6.10. The van der Waals surface area contributed by atoms with Gasteiger partial charge in [-0.3, -0.25) is 14.4 Å². The van der Waals surface area contributed by atoms with E-state index >= 15 is 0 Å². The lowest BCUT2D eigenvalue weighted by Crippen LogP contribution is -2.34. The number of halogens is 1. The Kier molecular flexibility index (Phi) is 7.83. The summed E-state index contributed by atoms with van der Waals surface area (Å²) in [6, 6.07) is 6.15. The molecule has 0 saturated carbocycles. The van der Waals surface area contributed by atoms with E-state index in [0.717, 1.165) is 18.2 Å². The Morgan fingerprint density at radius 3 is 2.67 bits per heavy atom. The van der Waals surface area contributed by atoms with Crippen LogP contribution < -0.4 is 15.6 Å². The molecule has 158 valence electrons. The first-order valence-electron chi connectivity index (χ1n) is 9.16. The number of ether oxygens (including phenoxy) is 2. The fraction of sp³-hybridized carbons (Fsp3) is 0.333. The van der Waals surface area contributed by atoms with Crippen molar-refractivity contribution in [1.82, 2.24) is 9.88 Å². The van der Waals surface area contributed by atoms with Crippen LogP contribution in [0.3, 0.4) is 0 Å². The summed E-state index contributed by atoms with van der Waals surface area (Å²) in [5, 5.41) is 11.9. The van der Waals surface area contributed by atoms with Gasteiger partial charge < -0.3 is 19.4 Å². The molecule has 1 aromatic heterocycles. The zero-order valence-corrected chi connectivity index (χ0v) is 16.9. The average molecular weight is 415 g/mol. The average Bonchev–Trinajstić information content (AvgIpc) is 2.71. The Balaban J connectivity index is 2.40. The van der Waals surface area contributed by atoms with E-state index in [9.17, 15) is 24.0 Å². The number of nitrogens with one attached hydrogen (secondary N) is 1. The molecule has 30 heavy (non-hydrogen) atoms. The molecule has 1 heterocycles. The van der Waals surface area contributed by atoms with E-state index in [-0.39, 0.29) is 48.2 Å². The number of rotatable bonds is 9. The first-order chi connectivity index (χ1) is 14.3. The number of carbonyl (C=O) groups is 2. The van der Waals surface area contributed by atoms with Crippen LogP contribution in [-0.4, -0.2) is 42.6 Å². The molecule has 0 aliphatic rings. The number of hydrogen-bond acceptors (Lipinski definition) is 6. The number of nitrogens with zero attached hydrogens (tertiary/aromatic N) is 2. The van der Waals surface area contributed by atoms with Crippen molar-refractivity contribution >= 4 is 11.7 Å². The van der Waals surface area contributed by atoms with Crippen molar-refractivity contribution in [2.24, 2.45) is 0 Å². The van der Waals surface area contributed by atoms with Crippen molar-refractivity contribution in [3.63, 3.8) is 0 Å². The molecule has 2 rings (SSSR count). The van der Waals surface area contributed by atoms with Gasteiger partial charge in [-0.1, -0.05) is 0 Å². The van der Waals surface area contributed by atoms with Gasteiger partial charge in [0, 0.05) is 31.5 Å². The molecule has 0 saturated heterocycles. The molecule has 1 aromatic carbocycles. The minimum Gasteiger partial charge on any atom is -0.483 e. The normalized spacial score (nSPS) is 10.5. The molecule has 1 N–H and O–H groups in total. The van der Waals surface area contributed by atoms with Crippen molar-refractivity contribution in [2.75, 3.05) is 20.3 Å². The predicted molar refractivity (Wildman–Crippen MR) is 106 cm³/mol. The lowest BCUT2D eigenvalue weighted by atomic mass is 10.0. The number of carbonyl (C=O) groups excluding carboxylic acids is 2. The van der Waals surface area contributed by atoms with E-state index in [4.69, 9.17) is 9.47 Å². The lowest BCUT2D eigenvalue weighted by Gasteiger charge is -2.13. The van der Waals surface area contributed by atoms with Gasteiger partial charge in [0.25, 0.3) is 11.5 Å². The third kappa shape index (κ3) is 5.75. The lowest BCUT2D eigenvalue weighted by molar-refractivity contribution is -0.123. The summed E-state index contributed by atoms with van der Waals surface area (Å²) in [7, 11) is 1.46. The van der Waals surface area contributed by atoms with Crippen molar-refractivity contribution in [1.29, 1.82) is 5.26 Å². The molecule has 0 aliphatic carbocycles. The van der Waals surface area contributed by atoms with E-state index in [1.807, 2.05) is 0 Å². The summed E-state index contributed by atoms with van der Waals surface area (Å²) in [5.74, 6) is -1.72. The highest BCUT2D eigenvalue weighted by Crippen LogP contribution is 2.23. The number of ketones is 1. The summed E-state index contributed by atoms with van der Waals surface area (Å²) in [6.45, 7) is 3.54. The molecular weight excluding hydrogens is 393 g/mol. The molecule has 0 bridgehead atoms. The maximum Gasteiger partial charge on any atom is 0.268 e. The molecule has 0 unspecified atom stereocenters. The van der Waals surface area contributed by atoms with Crippen LogP contribution in [0.1, 0.15) is 35.3 Å². The summed E-state index contributed by atoms with van der Waals surface area (Å²) in [6.07, 6.45) is 1.28. The van der Waals surface area contributed by atoms with Gasteiger partial charge in [0.2, 0.25) is 0 Å².